The van der Waals surface area contributed by atoms with E-state index in [9.17, 15) is 0 Å². The average Bonchev–Trinajstić information content (AvgIpc) is 2.23. The molecular weight excluding hydrogens is 214 g/mol. The molecule has 0 aliphatic carbocycles. The lowest BCUT2D eigenvalue weighted by molar-refractivity contribution is 0.686. The Kier molecular flexibility index (Phi) is 5.15. The Morgan fingerprint density at radius 1 is 1.12 bits per heavy atom. The van der Waals surface area contributed by atoms with E-state index in [2.05, 4.69) is 34.4 Å². The van der Waals surface area contributed by atoms with Crippen molar-refractivity contribution in [1.29, 1.82) is 0 Å². The first-order valence-electron chi connectivity index (χ1n) is 6.06. The van der Waals surface area contributed by atoms with Crippen LogP contribution in [-0.2, 0) is 0 Å². The van der Waals surface area contributed by atoms with Gasteiger partial charge in [-0.05, 0) is 19.8 Å². The summed E-state index contributed by atoms with van der Waals surface area (Å²) in [7, 11) is 0. The van der Waals surface area contributed by atoms with E-state index in [0.717, 1.165) is 24.0 Å². The zero-order chi connectivity index (χ0) is 12.8. The zero-order valence-corrected chi connectivity index (χ0v) is 11.1. The van der Waals surface area contributed by atoms with Gasteiger partial charge in [-0.1, -0.05) is 13.8 Å². The molecule has 0 saturated heterocycles. The molecule has 1 rings (SSSR count). The lowest BCUT2D eigenvalue weighted by Gasteiger charge is -2.12. The van der Waals surface area contributed by atoms with Crippen LogP contribution in [-0.4, -0.2) is 29.1 Å². The number of nitrogens with two attached hydrogens (primary N) is 1. The van der Waals surface area contributed by atoms with E-state index in [0.29, 0.717) is 12.5 Å². The van der Waals surface area contributed by atoms with Gasteiger partial charge < -0.3 is 16.4 Å². The van der Waals surface area contributed by atoms with Gasteiger partial charge in [0.05, 0.1) is 0 Å². The predicted octanol–water partition coefficient (Wildman–Crippen LogP) is 1.61. The number of aromatic nitrogens is 2. The highest BCUT2D eigenvalue weighted by Gasteiger charge is 2.03. The summed E-state index contributed by atoms with van der Waals surface area (Å²) in [6.45, 7) is 9.78. The van der Waals surface area contributed by atoms with Crippen LogP contribution in [0.2, 0.25) is 0 Å². The fourth-order valence-corrected chi connectivity index (χ4v) is 1.32. The van der Waals surface area contributed by atoms with Crippen molar-refractivity contribution in [2.24, 2.45) is 11.7 Å². The predicted molar refractivity (Wildman–Crippen MR) is 72.2 cm³/mol. The molecule has 0 spiro atoms. The minimum absolute atomic E-state index is 0.109. The Morgan fingerprint density at radius 3 is 2.12 bits per heavy atom. The van der Waals surface area contributed by atoms with E-state index in [4.69, 9.17) is 5.73 Å². The highest BCUT2D eigenvalue weighted by molar-refractivity contribution is 5.47. The van der Waals surface area contributed by atoms with Gasteiger partial charge in [0.2, 0.25) is 0 Å². The maximum atomic E-state index is 5.69. The summed E-state index contributed by atoms with van der Waals surface area (Å²) >= 11 is 0. The number of rotatable bonds is 6. The van der Waals surface area contributed by atoms with Crippen molar-refractivity contribution in [3.63, 3.8) is 0 Å². The highest BCUT2D eigenvalue weighted by atomic mass is 15.1. The highest BCUT2D eigenvalue weighted by Crippen LogP contribution is 2.11. The maximum Gasteiger partial charge on any atom is 0.131 e. The first-order chi connectivity index (χ1) is 7.97. The molecule has 0 amide bonds. The minimum Gasteiger partial charge on any atom is -0.370 e. The second-order valence-electron chi connectivity index (χ2n) is 4.82. The maximum absolute atomic E-state index is 5.69. The van der Waals surface area contributed by atoms with E-state index in [1.165, 1.54) is 0 Å². The van der Waals surface area contributed by atoms with Gasteiger partial charge in [0.25, 0.3) is 0 Å². The smallest absolute Gasteiger partial charge is 0.131 e. The van der Waals surface area contributed by atoms with Gasteiger partial charge in [-0.3, -0.25) is 0 Å². The standard InChI is InChI=1S/C12H23N5/c1-8(2)6-14-11-5-12(15-7-9(3)13)17-10(4)16-11/h5,8-9H,6-7,13H2,1-4H3,(H2,14,15,16,17). The van der Waals surface area contributed by atoms with Crippen molar-refractivity contribution >= 4 is 11.6 Å². The number of hydrogen-bond donors (Lipinski definition) is 3. The van der Waals surface area contributed by atoms with Gasteiger partial charge >= 0.3 is 0 Å². The van der Waals surface area contributed by atoms with Gasteiger partial charge in [0.15, 0.2) is 0 Å². The van der Waals surface area contributed by atoms with E-state index in [-0.39, 0.29) is 6.04 Å². The zero-order valence-electron chi connectivity index (χ0n) is 11.1. The van der Waals surface area contributed by atoms with Crippen molar-refractivity contribution in [2.75, 3.05) is 23.7 Å². The molecule has 0 aliphatic rings. The van der Waals surface area contributed by atoms with Gasteiger partial charge in [0.1, 0.15) is 17.5 Å². The van der Waals surface area contributed by atoms with E-state index in [1.54, 1.807) is 0 Å². The molecule has 96 valence electrons. The fraction of sp³-hybridized carbons (Fsp3) is 0.667. The molecule has 0 radical (unpaired) electrons. The molecule has 5 heteroatoms. The van der Waals surface area contributed by atoms with Crippen LogP contribution in [0.4, 0.5) is 11.6 Å². The van der Waals surface area contributed by atoms with Crippen LogP contribution in [0.5, 0.6) is 0 Å². The molecule has 0 saturated carbocycles. The molecule has 5 nitrogen and oxygen atoms in total. The van der Waals surface area contributed by atoms with Crippen LogP contribution >= 0.6 is 0 Å². The molecular formula is C12H23N5. The lowest BCUT2D eigenvalue weighted by atomic mass is 10.2. The molecule has 0 fully saturated rings. The van der Waals surface area contributed by atoms with E-state index >= 15 is 0 Å². The van der Waals surface area contributed by atoms with Crippen LogP contribution in [0.1, 0.15) is 26.6 Å². The summed E-state index contributed by atoms with van der Waals surface area (Å²) in [5, 5.41) is 6.49. The minimum atomic E-state index is 0.109. The van der Waals surface area contributed by atoms with Crippen molar-refractivity contribution in [3.05, 3.63) is 11.9 Å². The van der Waals surface area contributed by atoms with Crippen LogP contribution < -0.4 is 16.4 Å². The van der Waals surface area contributed by atoms with E-state index < -0.39 is 0 Å². The molecule has 1 unspecified atom stereocenters. The molecule has 1 aromatic rings. The number of hydrogen-bond acceptors (Lipinski definition) is 5. The van der Waals surface area contributed by atoms with Gasteiger partial charge in [0, 0.05) is 25.2 Å². The molecule has 0 aromatic carbocycles. The Morgan fingerprint density at radius 2 is 1.65 bits per heavy atom. The monoisotopic (exact) mass is 237 g/mol. The van der Waals surface area contributed by atoms with Gasteiger partial charge in [-0.25, -0.2) is 9.97 Å². The SMILES string of the molecule is Cc1nc(NCC(C)C)cc(NCC(C)N)n1. The third-order valence-corrected chi connectivity index (χ3v) is 2.13. The summed E-state index contributed by atoms with van der Waals surface area (Å²) in [6, 6.07) is 2.02. The molecule has 1 atom stereocenters. The van der Waals surface area contributed by atoms with E-state index in [1.807, 2.05) is 19.9 Å². The Bertz CT molecular complexity index is 318. The normalized spacial score (nSPS) is 12.6. The van der Waals surface area contributed by atoms with Gasteiger partial charge in [-0.2, -0.15) is 0 Å². The molecule has 1 aromatic heterocycles. The summed E-state index contributed by atoms with van der Waals surface area (Å²) in [5.41, 5.74) is 5.69. The van der Waals surface area contributed by atoms with Crippen LogP contribution in [0.3, 0.4) is 0 Å². The second-order valence-corrected chi connectivity index (χ2v) is 4.82. The second kappa shape index (κ2) is 6.39. The molecule has 1 heterocycles. The summed E-state index contributed by atoms with van der Waals surface area (Å²) in [4.78, 5) is 8.65. The summed E-state index contributed by atoms with van der Waals surface area (Å²) in [5.74, 6) is 3.02. The molecule has 17 heavy (non-hydrogen) atoms. The van der Waals surface area contributed by atoms with Crippen LogP contribution in [0, 0.1) is 12.8 Å². The van der Waals surface area contributed by atoms with Crippen LogP contribution in [0.25, 0.3) is 0 Å². The van der Waals surface area contributed by atoms with Crippen molar-refractivity contribution in [3.8, 4) is 0 Å². The fourth-order valence-electron chi connectivity index (χ4n) is 1.32. The summed E-state index contributed by atoms with van der Waals surface area (Å²) < 4.78 is 0. The average molecular weight is 237 g/mol. The summed E-state index contributed by atoms with van der Waals surface area (Å²) in [6.07, 6.45) is 0. The first kappa shape index (κ1) is 13.7. The Labute approximate surface area is 103 Å². The molecule has 0 bridgehead atoms. The quantitative estimate of drug-likeness (QED) is 0.701. The molecule has 0 aliphatic heterocycles. The lowest BCUT2D eigenvalue weighted by Crippen LogP contribution is -2.25. The number of nitrogens with one attached hydrogen (secondary N) is 2. The number of aryl methyl sites for hydroxylation is 1. The largest absolute Gasteiger partial charge is 0.370 e. The Balaban J connectivity index is 2.65. The number of nitrogens with zero attached hydrogens (tertiary/aromatic N) is 2. The van der Waals surface area contributed by atoms with Crippen LogP contribution in [0.15, 0.2) is 6.07 Å². The first-order valence-corrected chi connectivity index (χ1v) is 6.06. The van der Waals surface area contributed by atoms with Crippen molar-refractivity contribution < 1.29 is 0 Å². The molecule has 4 N–H and O–H groups in total. The number of anilines is 2. The van der Waals surface area contributed by atoms with Gasteiger partial charge in [-0.15, -0.1) is 0 Å². The Hall–Kier alpha value is -1.36. The third-order valence-electron chi connectivity index (χ3n) is 2.13. The van der Waals surface area contributed by atoms with Crippen molar-refractivity contribution in [2.45, 2.75) is 33.7 Å². The third kappa shape index (κ3) is 5.49. The topological polar surface area (TPSA) is 75.9 Å². The van der Waals surface area contributed by atoms with Crippen molar-refractivity contribution in [1.82, 2.24) is 9.97 Å².